The molecule has 0 saturated heterocycles. The lowest BCUT2D eigenvalue weighted by atomic mass is 10.2. The molecule has 9 nitrogen and oxygen atoms in total. The number of carbonyl (C=O) groups is 3. The van der Waals surface area contributed by atoms with Crippen molar-refractivity contribution in [1.29, 1.82) is 0 Å². The van der Waals surface area contributed by atoms with Crippen LogP contribution in [0.5, 0.6) is 11.5 Å². The van der Waals surface area contributed by atoms with E-state index in [2.05, 4.69) is 5.32 Å². The number of fused-ring (bicyclic) bond motifs is 2. The topological polar surface area (TPSA) is 105 Å². The van der Waals surface area contributed by atoms with Gasteiger partial charge < -0.3 is 28.8 Å². The van der Waals surface area contributed by atoms with E-state index >= 15 is 0 Å². The molecule has 0 unspecified atom stereocenters. The Balaban J connectivity index is 1.36. The van der Waals surface area contributed by atoms with Gasteiger partial charge in [-0.15, -0.1) is 0 Å². The third kappa shape index (κ3) is 4.66. The number of ether oxygens (including phenoxy) is 4. The van der Waals surface area contributed by atoms with Crippen molar-refractivity contribution in [3.8, 4) is 11.5 Å². The smallest absolute Gasteiger partial charge is 0.340 e. The van der Waals surface area contributed by atoms with Gasteiger partial charge in [-0.2, -0.15) is 0 Å². The number of para-hydroxylation sites is 1. The SMILES string of the molecule is COC(=O)c1cn(CC(=O)OCC(=O)Nc2ccc3c(c2)OCCCO3)c2ccccc12. The second-order valence-corrected chi connectivity index (χ2v) is 7.10. The highest BCUT2D eigenvalue weighted by molar-refractivity contribution is 6.04. The molecule has 9 heteroatoms. The zero-order valence-corrected chi connectivity index (χ0v) is 17.5. The minimum Gasteiger partial charge on any atom is -0.490 e. The van der Waals surface area contributed by atoms with Crippen LogP contribution in [-0.2, 0) is 25.6 Å². The van der Waals surface area contributed by atoms with Gasteiger partial charge in [-0.05, 0) is 18.2 Å². The summed E-state index contributed by atoms with van der Waals surface area (Å²) in [6.45, 7) is 0.505. The molecular formula is C23H22N2O7. The van der Waals surface area contributed by atoms with E-state index in [4.69, 9.17) is 18.9 Å². The van der Waals surface area contributed by atoms with Crippen LogP contribution in [0.4, 0.5) is 5.69 Å². The largest absolute Gasteiger partial charge is 0.490 e. The summed E-state index contributed by atoms with van der Waals surface area (Å²) < 4.78 is 22.7. The lowest BCUT2D eigenvalue weighted by molar-refractivity contribution is -0.147. The van der Waals surface area contributed by atoms with Crippen molar-refractivity contribution in [1.82, 2.24) is 4.57 Å². The van der Waals surface area contributed by atoms with Crippen LogP contribution in [0.1, 0.15) is 16.8 Å². The fraction of sp³-hybridized carbons (Fsp3) is 0.261. The minimum absolute atomic E-state index is 0.158. The number of benzene rings is 2. The summed E-state index contributed by atoms with van der Waals surface area (Å²) in [6.07, 6.45) is 2.32. The fourth-order valence-electron chi connectivity index (χ4n) is 3.42. The first-order chi connectivity index (χ1) is 15.5. The molecule has 0 fully saturated rings. The molecule has 2 aromatic carbocycles. The van der Waals surface area contributed by atoms with Gasteiger partial charge >= 0.3 is 11.9 Å². The van der Waals surface area contributed by atoms with Gasteiger partial charge in [0.15, 0.2) is 18.1 Å². The summed E-state index contributed by atoms with van der Waals surface area (Å²) in [5.41, 5.74) is 1.54. The van der Waals surface area contributed by atoms with E-state index in [0.29, 0.717) is 46.9 Å². The van der Waals surface area contributed by atoms with Crippen molar-refractivity contribution >= 4 is 34.4 Å². The highest BCUT2D eigenvalue weighted by atomic mass is 16.5. The average molecular weight is 438 g/mol. The summed E-state index contributed by atoms with van der Waals surface area (Å²) in [4.78, 5) is 36.5. The number of nitrogens with one attached hydrogen (secondary N) is 1. The molecule has 3 aromatic rings. The third-order valence-electron chi connectivity index (χ3n) is 4.89. The highest BCUT2D eigenvalue weighted by Gasteiger charge is 2.18. The third-order valence-corrected chi connectivity index (χ3v) is 4.89. The molecule has 0 aliphatic carbocycles. The summed E-state index contributed by atoms with van der Waals surface area (Å²) in [5.74, 6) is -0.422. The molecule has 1 aromatic heterocycles. The Labute approximate surface area is 183 Å². The van der Waals surface area contributed by atoms with E-state index in [-0.39, 0.29) is 6.54 Å². The lowest BCUT2D eigenvalue weighted by Crippen LogP contribution is -2.22. The lowest BCUT2D eigenvalue weighted by Gasteiger charge is -2.11. The van der Waals surface area contributed by atoms with Gasteiger partial charge in [-0.25, -0.2) is 4.79 Å². The Morgan fingerprint density at radius 2 is 1.84 bits per heavy atom. The van der Waals surface area contributed by atoms with Gasteiger partial charge in [0.25, 0.3) is 5.91 Å². The number of hydrogen-bond donors (Lipinski definition) is 1. The van der Waals surface area contributed by atoms with Crippen LogP contribution in [0, 0.1) is 0 Å². The summed E-state index contributed by atoms with van der Waals surface area (Å²) in [7, 11) is 1.30. The van der Waals surface area contributed by atoms with E-state index in [9.17, 15) is 14.4 Å². The standard InChI is InChI=1S/C23H22N2O7/c1-29-23(28)17-12-25(18-6-3-2-5-16(17)18)13-22(27)32-14-21(26)24-15-7-8-19-20(11-15)31-10-4-9-30-19/h2-3,5-8,11-12H,4,9-10,13-14H2,1H3,(H,24,26). The molecule has 1 amide bonds. The van der Waals surface area contributed by atoms with Gasteiger partial charge in [0, 0.05) is 35.3 Å². The van der Waals surface area contributed by atoms with Gasteiger partial charge in [0.1, 0.15) is 6.54 Å². The molecule has 0 saturated carbocycles. The monoisotopic (exact) mass is 438 g/mol. The second kappa shape index (κ2) is 9.42. The van der Waals surface area contributed by atoms with Crippen molar-refractivity contribution in [3.63, 3.8) is 0 Å². The quantitative estimate of drug-likeness (QED) is 0.590. The fourth-order valence-corrected chi connectivity index (χ4v) is 3.42. The maximum absolute atomic E-state index is 12.3. The minimum atomic E-state index is -0.615. The van der Waals surface area contributed by atoms with Crippen LogP contribution in [0.3, 0.4) is 0 Å². The van der Waals surface area contributed by atoms with E-state index in [0.717, 1.165) is 6.42 Å². The number of nitrogens with zero attached hydrogens (tertiary/aromatic N) is 1. The van der Waals surface area contributed by atoms with Crippen LogP contribution < -0.4 is 14.8 Å². The maximum atomic E-state index is 12.3. The molecule has 0 bridgehead atoms. The molecule has 1 aliphatic rings. The van der Waals surface area contributed by atoms with Crippen molar-refractivity contribution in [3.05, 3.63) is 54.2 Å². The van der Waals surface area contributed by atoms with Crippen LogP contribution in [-0.4, -0.2) is 49.3 Å². The molecule has 2 heterocycles. The van der Waals surface area contributed by atoms with Crippen molar-refractivity contribution < 1.29 is 33.3 Å². The number of hydrogen-bond acceptors (Lipinski definition) is 7. The van der Waals surface area contributed by atoms with E-state index < -0.39 is 24.5 Å². The van der Waals surface area contributed by atoms with E-state index in [1.54, 1.807) is 47.0 Å². The Hall–Kier alpha value is -4.01. The first kappa shape index (κ1) is 21.2. The molecule has 0 radical (unpaired) electrons. The van der Waals surface area contributed by atoms with Gasteiger partial charge in [-0.3, -0.25) is 9.59 Å². The Morgan fingerprint density at radius 3 is 2.66 bits per heavy atom. The highest BCUT2D eigenvalue weighted by Crippen LogP contribution is 2.32. The molecule has 4 rings (SSSR count). The number of carbonyl (C=O) groups excluding carboxylic acids is 3. The number of rotatable bonds is 6. The average Bonchev–Trinajstić information content (AvgIpc) is 2.99. The second-order valence-electron chi connectivity index (χ2n) is 7.10. The summed E-state index contributed by atoms with van der Waals surface area (Å²) >= 11 is 0. The zero-order valence-electron chi connectivity index (χ0n) is 17.5. The number of methoxy groups -OCH3 is 1. The first-order valence-corrected chi connectivity index (χ1v) is 10.1. The van der Waals surface area contributed by atoms with Gasteiger partial charge in [-0.1, -0.05) is 18.2 Å². The number of aromatic nitrogens is 1. The van der Waals surface area contributed by atoms with Crippen molar-refractivity contribution in [2.75, 3.05) is 32.2 Å². The number of esters is 2. The molecule has 0 atom stereocenters. The Bertz CT molecular complexity index is 1170. The first-order valence-electron chi connectivity index (χ1n) is 10.1. The van der Waals surface area contributed by atoms with E-state index in [1.165, 1.54) is 13.3 Å². The van der Waals surface area contributed by atoms with Crippen molar-refractivity contribution in [2.45, 2.75) is 13.0 Å². The van der Waals surface area contributed by atoms with Gasteiger partial charge in [0.2, 0.25) is 0 Å². The predicted octanol–water partition coefficient (Wildman–Crippen LogP) is 2.77. The molecule has 0 spiro atoms. The number of amides is 1. The maximum Gasteiger partial charge on any atom is 0.340 e. The van der Waals surface area contributed by atoms with Crippen molar-refractivity contribution in [2.24, 2.45) is 0 Å². The molecule has 1 aliphatic heterocycles. The summed E-state index contributed by atoms with van der Waals surface area (Å²) in [6, 6.07) is 12.2. The normalized spacial score (nSPS) is 12.7. The molecule has 32 heavy (non-hydrogen) atoms. The van der Waals surface area contributed by atoms with Crippen LogP contribution in [0.2, 0.25) is 0 Å². The predicted molar refractivity (Wildman–Crippen MR) is 115 cm³/mol. The molecular weight excluding hydrogens is 416 g/mol. The van der Waals surface area contributed by atoms with Gasteiger partial charge in [0.05, 0.1) is 25.9 Å². The molecule has 166 valence electrons. The Morgan fingerprint density at radius 1 is 1.06 bits per heavy atom. The van der Waals surface area contributed by atoms with E-state index in [1.807, 2.05) is 0 Å². The number of anilines is 1. The van der Waals surface area contributed by atoms with Crippen LogP contribution >= 0.6 is 0 Å². The summed E-state index contributed by atoms with van der Waals surface area (Å²) in [5, 5.41) is 3.33. The van der Waals surface area contributed by atoms with Crippen LogP contribution in [0.15, 0.2) is 48.7 Å². The zero-order chi connectivity index (χ0) is 22.5. The molecule has 1 N–H and O–H groups in total. The Kier molecular flexibility index (Phi) is 6.25. The van der Waals surface area contributed by atoms with Crippen LogP contribution in [0.25, 0.3) is 10.9 Å².